The van der Waals surface area contributed by atoms with E-state index in [2.05, 4.69) is 10.6 Å². The van der Waals surface area contributed by atoms with E-state index in [1.807, 2.05) is 44.2 Å². The van der Waals surface area contributed by atoms with Gasteiger partial charge >= 0.3 is 0 Å². The summed E-state index contributed by atoms with van der Waals surface area (Å²) in [4.78, 5) is 24.6. The molecule has 0 saturated heterocycles. The highest BCUT2D eigenvalue weighted by Gasteiger charge is 2.25. The van der Waals surface area contributed by atoms with Gasteiger partial charge in [0.25, 0.3) is 5.91 Å². The van der Waals surface area contributed by atoms with Crippen molar-refractivity contribution in [3.05, 3.63) is 66.0 Å². The molecule has 0 aliphatic carbocycles. The maximum Gasteiger partial charge on any atom is 0.254 e. The van der Waals surface area contributed by atoms with Gasteiger partial charge in [-0.2, -0.15) is 0 Å². The molecule has 0 spiro atoms. The molecule has 26 heavy (non-hydrogen) atoms. The van der Waals surface area contributed by atoms with Crippen LogP contribution in [-0.2, 0) is 4.79 Å². The fraction of sp³-hybridized carbons (Fsp3) is 0.300. The molecule has 2 rings (SSSR count). The zero-order valence-corrected chi connectivity index (χ0v) is 14.9. The second kappa shape index (κ2) is 9.56. The molecule has 2 N–H and O–H groups in total. The van der Waals surface area contributed by atoms with E-state index in [-0.39, 0.29) is 17.4 Å². The molecule has 2 aromatic carbocycles. The van der Waals surface area contributed by atoms with E-state index in [1.165, 1.54) is 18.2 Å². The number of hydrogen-bond donors (Lipinski definition) is 2. The number of carbonyl (C=O) groups is 2. The van der Waals surface area contributed by atoms with Crippen molar-refractivity contribution in [3.63, 3.8) is 0 Å². The average Bonchev–Trinajstić information content (AvgIpc) is 2.64. The Labute approximate surface area is 152 Å². The molecular weight excluding hydrogens is 335 g/mol. The van der Waals surface area contributed by atoms with E-state index in [4.69, 9.17) is 4.74 Å². The Hall–Kier alpha value is -2.89. The minimum absolute atomic E-state index is 0.0849. The van der Waals surface area contributed by atoms with Crippen molar-refractivity contribution in [2.24, 2.45) is 5.92 Å². The molecule has 2 aromatic rings. The number of amides is 2. The summed E-state index contributed by atoms with van der Waals surface area (Å²) in [6.07, 6.45) is 0. The molecule has 0 bridgehead atoms. The van der Waals surface area contributed by atoms with Crippen LogP contribution in [0.1, 0.15) is 24.2 Å². The van der Waals surface area contributed by atoms with Crippen molar-refractivity contribution in [1.82, 2.24) is 10.6 Å². The number of ether oxygens (including phenoxy) is 1. The summed E-state index contributed by atoms with van der Waals surface area (Å²) < 4.78 is 19.2. The lowest BCUT2D eigenvalue weighted by Gasteiger charge is -2.22. The van der Waals surface area contributed by atoms with Crippen molar-refractivity contribution < 1.29 is 18.7 Å². The highest BCUT2D eigenvalue weighted by Crippen LogP contribution is 2.09. The lowest BCUT2D eigenvalue weighted by Crippen LogP contribution is -2.50. The summed E-state index contributed by atoms with van der Waals surface area (Å²) in [7, 11) is 0. The van der Waals surface area contributed by atoms with Gasteiger partial charge in [0.15, 0.2) is 0 Å². The van der Waals surface area contributed by atoms with Gasteiger partial charge in [0.05, 0.1) is 12.1 Å². The normalized spacial score (nSPS) is 11.7. The van der Waals surface area contributed by atoms with Gasteiger partial charge in [-0.05, 0) is 30.2 Å². The van der Waals surface area contributed by atoms with Crippen molar-refractivity contribution in [3.8, 4) is 5.75 Å². The first-order valence-corrected chi connectivity index (χ1v) is 8.50. The smallest absolute Gasteiger partial charge is 0.254 e. The van der Waals surface area contributed by atoms with Gasteiger partial charge in [0, 0.05) is 0 Å². The zero-order chi connectivity index (χ0) is 18.9. The number of benzene rings is 2. The van der Waals surface area contributed by atoms with Crippen molar-refractivity contribution in [1.29, 1.82) is 0 Å². The molecular formula is C20H23FN2O3. The fourth-order valence-electron chi connectivity index (χ4n) is 2.37. The Kier molecular flexibility index (Phi) is 7.14. The van der Waals surface area contributed by atoms with E-state index in [9.17, 15) is 14.0 Å². The molecule has 6 heteroatoms. The molecule has 0 aromatic heterocycles. The summed E-state index contributed by atoms with van der Waals surface area (Å²) in [5.41, 5.74) is -0.0849. The van der Waals surface area contributed by atoms with Crippen LogP contribution >= 0.6 is 0 Å². The molecule has 0 radical (unpaired) electrons. The molecule has 1 atom stereocenters. The minimum atomic E-state index is -0.765. The van der Waals surface area contributed by atoms with Gasteiger partial charge < -0.3 is 15.4 Å². The summed E-state index contributed by atoms with van der Waals surface area (Å²) in [6, 6.07) is 14.2. The van der Waals surface area contributed by atoms with E-state index in [1.54, 1.807) is 6.07 Å². The van der Waals surface area contributed by atoms with Gasteiger partial charge in [-0.3, -0.25) is 9.59 Å². The molecule has 1 unspecified atom stereocenters. The van der Waals surface area contributed by atoms with Gasteiger partial charge in [0.2, 0.25) is 5.91 Å². The third-order valence-electron chi connectivity index (χ3n) is 3.77. The Morgan fingerprint density at radius 2 is 1.69 bits per heavy atom. The molecule has 0 heterocycles. The molecule has 138 valence electrons. The fourth-order valence-corrected chi connectivity index (χ4v) is 2.37. The number of para-hydroxylation sites is 1. The van der Waals surface area contributed by atoms with E-state index in [0.29, 0.717) is 13.2 Å². The highest BCUT2D eigenvalue weighted by atomic mass is 19.1. The van der Waals surface area contributed by atoms with Crippen molar-refractivity contribution in [2.75, 3.05) is 13.2 Å². The van der Waals surface area contributed by atoms with Crippen LogP contribution in [0.25, 0.3) is 0 Å². The molecule has 0 fully saturated rings. The summed E-state index contributed by atoms with van der Waals surface area (Å²) >= 11 is 0. The van der Waals surface area contributed by atoms with Crippen molar-refractivity contribution >= 4 is 11.8 Å². The number of nitrogens with one attached hydrogen (secondary N) is 2. The van der Waals surface area contributed by atoms with Gasteiger partial charge in [-0.15, -0.1) is 0 Å². The zero-order valence-electron chi connectivity index (χ0n) is 14.9. The predicted molar refractivity (Wildman–Crippen MR) is 97.4 cm³/mol. The SMILES string of the molecule is CC(C)C(NC(=O)c1ccccc1F)C(=O)NCCOc1ccccc1. The predicted octanol–water partition coefficient (Wildman–Crippen LogP) is 2.78. The minimum Gasteiger partial charge on any atom is -0.492 e. The third-order valence-corrected chi connectivity index (χ3v) is 3.77. The third kappa shape index (κ3) is 5.58. The lowest BCUT2D eigenvalue weighted by molar-refractivity contribution is -0.124. The van der Waals surface area contributed by atoms with Crippen molar-refractivity contribution in [2.45, 2.75) is 19.9 Å². The number of halogens is 1. The van der Waals surface area contributed by atoms with Crippen LogP contribution in [-0.4, -0.2) is 31.0 Å². The topological polar surface area (TPSA) is 67.4 Å². The average molecular weight is 358 g/mol. The first kappa shape index (κ1) is 19.4. The Morgan fingerprint density at radius 3 is 2.35 bits per heavy atom. The van der Waals surface area contributed by atoms with Gasteiger partial charge in [-0.1, -0.05) is 44.2 Å². The molecule has 5 nitrogen and oxygen atoms in total. The first-order valence-electron chi connectivity index (χ1n) is 8.50. The molecule has 2 amide bonds. The molecule has 0 saturated carbocycles. The Morgan fingerprint density at radius 1 is 1.04 bits per heavy atom. The Bertz CT molecular complexity index is 735. The number of carbonyl (C=O) groups excluding carboxylic acids is 2. The largest absolute Gasteiger partial charge is 0.492 e. The highest BCUT2D eigenvalue weighted by molar-refractivity contribution is 5.97. The molecule has 0 aliphatic heterocycles. The van der Waals surface area contributed by atoms with Crippen LogP contribution in [0.15, 0.2) is 54.6 Å². The van der Waals surface area contributed by atoms with Gasteiger partial charge in [-0.25, -0.2) is 4.39 Å². The monoisotopic (exact) mass is 358 g/mol. The van der Waals surface area contributed by atoms with Gasteiger partial charge in [0.1, 0.15) is 24.2 Å². The second-order valence-corrected chi connectivity index (χ2v) is 6.13. The molecule has 0 aliphatic rings. The van der Waals surface area contributed by atoms with Crippen LogP contribution in [0.4, 0.5) is 4.39 Å². The van der Waals surface area contributed by atoms with Crippen LogP contribution in [0.2, 0.25) is 0 Å². The quantitative estimate of drug-likeness (QED) is 0.713. The lowest BCUT2D eigenvalue weighted by atomic mass is 10.0. The number of rotatable bonds is 8. The maximum absolute atomic E-state index is 13.7. The van der Waals surface area contributed by atoms with E-state index in [0.717, 1.165) is 5.75 Å². The van der Waals surface area contributed by atoms with E-state index >= 15 is 0 Å². The Balaban J connectivity index is 1.87. The number of hydrogen-bond acceptors (Lipinski definition) is 3. The second-order valence-electron chi connectivity index (χ2n) is 6.13. The van der Waals surface area contributed by atoms with Crippen LogP contribution in [0.5, 0.6) is 5.75 Å². The van der Waals surface area contributed by atoms with E-state index < -0.39 is 17.8 Å². The summed E-state index contributed by atoms with van der Waals surface area (Å²) in [5.74, 6) is -1.00. The standard InChI is InChI=1S/C20H23FN2O3/c1-14(2)18(23-19(24)16-10-6-7-11-17(16)21)20(25)22-12-13-26-15-8-4-3-5-9-15/h3-11,14,18H,12-13H2,1-2H3,(H,22,25)(H,23,24). The van der Waals surface area contributed by atoms with Crippen LogP contribution in [0, 0.1) is 11.7 Å². The van der Waals surface area contributed by atoms with Crippen LogP contribution in [0.3, 0.4) is 0 Å². The maximum atomic E-state index is 13.7. The summed E-state index contributed by atoms with van der Waals surface area (Å²) in [5, 5.41) is 5.33. The van der Waals surface area contributed by atoms with Crippen LogP contribution < -0.4 is 15.4 Å². The summed E-state index contributed by atoms with van der Waals surface area (Å²) in [6.45, 7) is 4.23. The first-order chi connectivity index (χ1) is 12.5.